The number of hydrogen-bond acceptors (Lipinski definition) is 5. The molecule has 1 N–H and O–H groups in total. The van der Waals surface area contributed by atoms with Crippen LogP contribution in [-0.2, 0) is 15.7 Å². The zero-order valence-corrected chi connectivity index (χ0v) is 16.0. The Morgan fingerprint density at radius 1 is 1.00 bits per heavy atom. The van der Waals surface area contributed by atoms with Crippen molar-refractivity contribution in [3.63, 3.8) is 0 Å². The summed E-state index contributed by atoms with van der Waals surface area (Å²) in [5.74, 6) is -0.859. The maximum atomic E-state index is 13.2. The quantitative estimate of drug-likeness (QED) is 0.703. The van der Waals surface area contributed by atoms with Crippen LogP contribution < -0.4 is 14.8 Å². The number of esters is 1. The van der Waals surface area contributed by atoms with E-state index >= 15 is 0 Å². The number of benzene rings is 2. The average molecular weight is 411 g/mol. The minimum absolute atomic E-state index is 0.286. The van der Waals surface area contributed by atoms with Gasteiger partial charge in [-0.3, -0.25) is 9.59 Å². The Kier molecular flexibility index (Phi) is 7.08. The lowest BCUT2D eigenvalue weighted by Crippen LogP contribution is -2.32. The van der Waals surface area contributed by atoms with Crippen LogP contribution in [0.25, 0.3) is 0 Å². The molecule has 0 fully saturated rings. The van der Waals surface area contributed by atoms with E-state index in [1.165, 1.54) is 39.5 Å². The fourth-order valence-electron chi connectivity index (χ4n) is 2.74. The molecule has 29 heavy (non-hydrogen) atoms. The van der Waals surface area contributed by atoms with Crippen molar-refractivity contribution in [3.8, 4) is 11.5 Å². The van der Waals surface area contributed by atoms with Crippen molar-refractivity contribution in [2.75, 3.05) is 21.3 Å². The van der Waals surface area contributed by atoms with E-state index in [1.807, 2.05) is 0 Å². The maximum absolute atomic E-state index is 13.2. The summed E-state index contributed by atoms with van der Waals surface area (Å²) in [5, 5.41) is 2.48. The van der Waals surface area contributed by atoms with Crippen molar-refractivity contribution >= 4 is 11.9 Å². The first-order valence-electron chi connectivity index (χ1n) is 8.47. The van der Waals surface area contributed by atoms with Gasteiger partial charge in [0.25, 0.3) is 5.91 Å². The van der Waals surface area contributed by atoms with Crippen LogP contribution in [0.5, 0.6) is 11.5 Å². The molecule has 1 unspecified atom stereocenters. The van der Waals surface area contributed by atoms with Crippen LogP contribution in [-0.4, -0.2) is 33.2 Å². The van der Waals surface area contributed by atoms with E-state index in [0.717, 1.165) is 12.1 Å². The van der Waals surface area contributed by atoms with E-state index in [-0.39, 0.29) is 6.42 Å². The third-order valence-electron chi connectivity index (χ3n) is 4.19. The van der Waals surface area contributed by atoms with E-state index in [2.05, 4.69) is 10.1 Å². The highest BCUT2D eigenvalue weighted by molar-refractivity contribution is 5.96. The molecule has 2 aromatic rings. The molecular formula is C20H20F3NO5. The lowest BCUT2D eigenvalue weighted by atomic mass is 10.0. The van der Waals surface area contributed by atoms with E-state index in [0.29, 0.717) is 17.1 Å². The highest BCUT2D eigenvalue weighted by Crippen LogP contribution is 2.33. The van der Waals surface area contributed by atoms with Crippen LogP contribution in [0, 0.1) is 0 Å². The van der Waals surface area contributed by atoms with Crippen molar-refractivity contribution in [2.24, 2.45) is 0 Å². The fourth-order valence-corrected chi connectivity index (χ4v) is 2.74. The molecule has 6 nitrogen and oxygen atoms in total. The molecule has 156 valence electrons. The standard InChI is InChI=1S/C20H20F3NO5/c1-27-16-9-8-12(10-17(16)28-2)15(11-18(25)29-3)24-19(26)13-6-4-5-7-14(13)20(21,22)23/h4-10,15H,11H2,1-3H3,(H,24,26). The van der Waals surface area contributed by atoms with Gasteiger partial charge >= 0.3 is 12.1 Å². The number of ether oxygens (including phenoxy) is 3. The topological polar surface area (TPSA) is 73.9 Å². The third kappa shape index (κ3) is 5.40. The Bertz CT molecular complexity index is 883. The van der Waals surface area contributed by atoms with Crippen molar-refractivity contribution in [1.29, 1.82) is 0 Å². The van der Waals surface area contributed by atoms with Gasteiger partial charge in [0.15, 0.2) is 11.5 Å². The van der Waals surface area contributed by atoms with Gasteiger partial charge in [-0.1, -0.05) is 18.2 Å². The second-order valence-electron chi connectivity index (χ2n) is 5.96. The molecule has 0 saturated carbocycles. The average Bonchev–Trinajstić information content (AvgIpc) is 2.71. The number of amides is 1. The summed E-state index contributed by atoms with van der Waals surface area (Å²) in [6.07, 6.45) is -4.99. The Balaban J connectivity index is 2.40. The zero-order chi connectivity index (χ0) is 21.6. The van der Waals surface area contributed by atoms with Crippen LogP contribution in [0.1, 0.15) is 33.9 Å². The monoisotopic (exact) mass is 411 g/mol. The second kappa shape index (κ2) is 9.31. The predicted molar refractivity (Wildman–Crippen MR) is 97.8 cm³/mol. The summed E-state index contributed by atoms with van der Waals surface area (Å²) in [4.78, 5) is 24.4. The van der Waals surface area contributed by atoms with Gasteiger partial charge in [0.05, 0.1) is 44.9 Å². The van der Waals surface area contributed by atoms with Crippen molar-refractivity contribution < 1.29 is 37.0 Å². The van der Waals surface area contributed by atoms with E-state index in [1.54, 1.807) is 12.1 Å². The summed E-state index contributed by atoms with van der Waals surface area (Å²) in [6.45, 7) is 0. The first-order valence-corrected chi connectivity index (χ1v) is 8.47. The number of alkyl halides is 3. The normalized spacial score (nSPS) is 12.1. The summed E-state index contributed by atoms with van der Waals surface area (Å²) < 4.78 is 54.7. The molecule has 1 atom stereocenters. The molecule has 0 heterocycles. The van der Waals surface area contributed by atoms with Gasteiger partial charge < -0.3 is 19.5 Å². The van der Waals surface area contributed by atoms with Crippen molar-refractivity contribution in [3.05, 3.63) is 59.2 Å². The van der Waals surface area contributed by atoms with Crippen molar-refractivity contribution in [2.45, 2.75) is 18.6 Å². The van der Waals surface area contributed by atoms with Crippen LogP contribution in [0.3, 0.4) is 0 Å². The van der Waals surface area contributed by atoms with Crippen LogP contribution in [0.15, 0.2) is 42.5 Å². The highest BCUT2D eigenvalue weighted by Gasteiger charge is 2.35. The lowest BCUT2D eigenvalue weighted by molar-refractivity contribution is -0.141. The third-order valence-corrected chi connectivity index (χ3v) is 4.19. The van der Waals surface area contributed by atoms with E-state index < -0.39 is 35.2 Å². The molecule has 2 aromatic carbocycles. The molecule has 2 rings (SSSR count). The summed E-state index contributed by atoms with van der Waals surface area (Å²) >= 11 is 0. The number of rotatable bonds is 7. The molecule has 0 aromatic heterocycles. The minimum Gasteiger partial charge on any atom is -0.493 e. The number of hydrogen-bond donors (Lipinski definition) is 1. The van der Waals surface area contributed by atoms with Crippen LogP contribution in [0.2, 0.25) is 0 Å². The number of carbonyl (C=O) groups excluding carboxylic acids is 2. The molecule has 1 amide bonds. The molecule has 0 aliphatic heterocycles. The first-order chi connectivity index (χ1) is 13.7. The van der Waals surface area contributed by atoms with Gasteiger partial charge in [0.1, 0.15) is 0 Å². The summed E-state index contributed by atoms with van der Waals surface area (Å²) in [6, 6.07) is 8.14. The Morgan fingerprint density at radius 2 is 1.66 bits per heavy atom. The Morgan fingerprint density at radius 3 is 2.24 bits per heavy atom. The smallest absolute Gasteiger partial charge is 0.417 e. The Hall–Kier alpha value is -3.23. The summed E-state index contributed by atoms with van der Waals surface area (Å²) in [7, 11) is 4.03. The highest BCUT2D eigenvalue weighted by atomic mass is 19.4. The first kappa shape index (κ1) is 22.1. The minimum atomic E-state index is -4.70. The molecule has 0 aliphatic carbocycles. The number of halogens is 3. The lowest BCUT2D eigenvalue weighted by Gasteiger charge is -2.21. The molecule has 0 aliphatic rings. The Labute approximate surface area is 165 Å². The van der Waals surface area contributed by atoms with Crippen LogP contribution in [0.4, 0.5) is 13.2 Å². The van der Waals surface area contributed by atoms with Gasteiger partial charge in [0, 0.05) is 0 Å². The van der Waals surface area contributed by atoms with Gasteiger partial charge in [-0.25, -0.2) is 0 Å². The predicted octanol–water partition coefficient (Wildman–Crippen LogP) is 3.76. The molecule has 0 bridgehead atoms. The molecule has 9 heteroatoms. The van der Waals surface area contributed by atoms with E-state index in [9.17, 15) is 22.8 Å². The summed E-state index contributed by atoms with van der Waals surface area (Å²) in [5.41, 5.74) is -1.18. The van der Waals surface area contributed by atoms with Gasteiger partial charge in [-0.2, -0.15) is 13.2 Å². The maximum Gasteiger partial charge on any atom is 0.417 e. The van der Waals surface area contributed by atoms with Crippen molar-refractivity contribution in [1.82, 2.24) is 5.32 Å². The molecule has 0 radical (unpaired) electrons. The van der Waals surface area contributed by atoms with Gasteiger partial charge in [-0.05, 0) is 29.8 Å². The number of carbonyl (C=O) groups is 2. The van der Waals surface area contributed by atoms with Gasteiger partial charge in [0.2, 0.25) is 0 Å². The largest absolute Gasteiger partial charge is 0.493 e. The number of nitrogens with one attached hydrogen (secondary N) is 1. The molecular weight excluding hydrogens is 391 g/mol. The van der Waals surface area contributed by atoms with E-state index in [4.69, 9.17) is 9.47 Å². The number of methoxy groups -OCH3 is 3. The molecule has 0 spiro atoms. The SMILES string of the molecule is COC(=O)CC(NC(=O)c1ccccc1C(F)(F)F)c1ccc(OC)c(OC)c1. The zero-order valence-electron chi connectivity index (χ0n) is 16.0. The van der Waals surface area contributed by atoms with Crippen LogP contribution >= 0.6 is 0 Å². The molecule has 0 saturated heterocycles. The fraction of sp³-hybridized carbons (Fsp3) is 0.300. The van der Waals surface area contributed by atoms with Gasteiger partial charge in [-0.15, -0.1) is 0 Å². The second-order valence-corrected chi connectivity index (χ2v) is 5.96.